The Kier molecular flexibility index (Phi) is 7.55. The maximum atomic E-state index is 13.7. The molecule has 0 aliphatic rings. The number of carboxylic acids is 1. The third-order valence-electron chi connectivity index (χ3n) is 5.43. The third-order valence-corrected chi connectivity index (χ3v) is 6.83. The highest BCUT2D eigenvalue weighted by Gasteiger charge is 2.28. The highest BCUT2D eigenvalue weighted by molar-refractivity contribution is 7.93. The van der Waals surface area contributed by atoms with Crippen LogP contribution < -0.4 is 9.46 Å². The lowest BCUT2D eigenvalue weighted by Gasteiger charge is -2.17. The molecule has 0 fully saturated rings. The summed E-state index contributed by atoms with van der Waals surface area (Å²) in [6.45, 7) is 0.497. The number of hydrogen-bond donors (Lipinski definition) is 2. The van der Waals surface area contributed by atoms with Crippen molar-refractivity contribution in [2.75, 3.05) is 11.3 Å². The van der Waals surface area contributed by atoms with Crippen LogP contribution in [-0.4, -0.2) is 42.0 Å². The Morgan fingerprint density at radius 1 is 1.05 bits per heavy atom. The van der Waals surface area contributed by atoms with E-state index in [1.807, 2.05) is 0 Å². The van der Waals surface area contributed by atoms with Crippen molar-refractivity contribution in [1.29, 1.82) is 0 Å². The lowest BCUT2D eigenvalue weighted by atomic mass is 10.1. The average Bonchev–Trinajstić information content (AvgIpc) is 2.91. The number of pyridine rings is 2. The first kappa shape index (κ1) is 26.5. The second-order valence-corrected chi connectivity index (χ2v) is 9.75. The Hall–Kier alpha value is -4.56. The molecule has 2 aromatic carbocycles. The Morgan fingerprint density at radius 2 is 1.84 bits per heavy atom. The van der Waals surface area contributed by atoms with E-state index in [9.17, 15) is 22.0 Å². The van der Waals surface area contributed by atoms with Crippen molar-refractivity contribution in [3.05, 3.63) is 89.9 Å². The van der Waals surface area contributed by atoms with Crippen molar-refractivity contribution in [3.8, 4) is 17.6 Å². The molecule has 0 radical (unpaired) electrons. The molecule has 0 aliphatic carbocycles. The molecule has 4 rings (SSSR count). The standard InChI is InChI=1S/C27H21F2N3O5S/c1-2-27(28,29)17-37-23-13-14-24(25-20(23)7-5-15-30-25)38(35,36)32-21-8-4-3-6-19(21)11-9-18-10-12-22(26(33)34)31-16-18/h3-8,10,12-16,32H,2,17H2,1H3,(H,33,34). The predicted molar refractivity (Wildman–Crippen MR) is 137 cm³/mol. The largest absolute Gasteiger partial charge is 0.487 e. The van der Waals surface area contributed by atoms with E-state index in [2.05, 4.69) is 26.5 Å². The van der Waals surface area contributed by atoms with Gasteiger partial charge in [-0.05, 0) is 48.5 Å². The maximum absolute atomic E-state index is 13.7. The summed E-state index contributed by atoms with van der Waals surface area (Å²) in [5.41, 5.74) is 0.928. The first-order valence-electron chi connectivity index (χ1n) is 11.3. The summed E-state index contributed by atoms with van der Waals surface area (Å²) >= 11 is 0. The minimum absolute atomic E-state index is 0.0606. The van der Waals surface area contributed by atoms with Gasteiger partial charge in [-0.2, -0.15) is 0 Å². The highest BCUT2D eigenvalue weighted by atomic mass is 32.2. The van der Waals surface area contributed by atoms with E-state index in [-0.39, 0.29) is 32.9 Å². The van der Waals surface area contributed by atoms with E-state index in [1.54, 1.807) is 30.3 Å². The zero-order valence-electron chi connectivity index (χ0n) is 20.0. The number of hydrogen-bond acceptors (Lipinski definition) is 6. The van der Waals surface area contributed by atoms with Crippen molar-refractivity contribution in [2.24, 2.45) is 0 Å². The van der Waals surface area contributed by atoms with Crippen LogP contribution in [0.3, 0.4) is 0 Å². The van der Waals surface area contributed by atoms with E-state index >= 15 is 0 Å². The van der Waals surface area contributed by atoms with E-state index in [4.69, 9.17) is 9.84 Å². The lowest BCUT2D eigenvalue weighted by molar-refractivity contribution is -0.0432. The SMILES string of the molecule is CCC(F)(F)COc1ccc(S(=O)(=O)Nc2ccccc2C#Cc2ccc(C(=O)O)nc2)c2ncccc12. The number of fused-ring (bicyclic) bond motifs is 1. The molecule has 2 aromatic heterocycles. The molecule has 0 aliphatic heterocycles. The number of aromatic nitrogens is 2. The van der Waals surface area contributed by atoms with Gasteiger partial charge in [-0.25, -0.2) is 27.0 Å². The number of ether oxygens (including phenoxy) is 1. The monoisotopic (exact) mass is 537 g/mol. The second kappa shape index (κ2) is 10.8. The number of anilines is 1. The minimum Gasteiger partial charge on any atom is -0.487 e. The Balaban J connectivity index is 1.65. The summed E-state index contributed by atoms with van der Waals surface area (Å²) in [5, 5.41) is 9.24. The molecule has 0 bridgehead atoms. The van der Waals surface area contributed by atoms with Crippen LogP contribution in [0.15, 0.2) is 78.0 Å². The molecule has 11 heteroatoms. The van der Waals surface area contributed by atoms with Gasteiger partial charge in [0, 0.05) is 35.3 Å². The number of carboxylic acid groups (broad SMARTS) is 1. The molecule has 4 aromatic rings. The minimum atomic E-state index is -4.19. The molecule has 2 N–H and O–H groups in total. The number of halogens is 2. The molecule has 0 amide bonds. The van der Waals surface area contributed by atoms with Gasteiger partial charge in [-0.15, -0.1) is 0 Å². The fourth-order valence-corrected chi connectivity index (χ4v) is 4.61. The van der Waals surface area contributed by atoms with E-state index in [1.165, 1.54) is 49.6 Å². The zero-order valence-corrected chi connectivity index (χ0v) is 20.8. The summed E-state index contributed by atoms with van der Waals surface area (Å²) < 4.78 is 62.1. The Morgan fingerprint density at radius 3 is 2.55 bits per heavy atom. The van der Waals surface area contributed by atoms with Gasteiger partial charge in [0.15, 0.2) is 6.61 Å². The van der Waals surface area contributed by atoms with Gasteiger partial charge < -0.3 is 9.84 Å². The van der Waals surface area contributed by atoms with Gasteiger partial charge in [-0.3, -0.25) is 9.71 Å². The molecule has 0 spiro atoms. The fraction of sp³-hybridized carbons (Fsp3) is 0.148. The van der Waals surface area contributed by atoms with Crippen LogP contribution in [0.1, 0.15) is 35.0 Å². The van der Waals surface area contributed by atoms with Crippen molar-refractivity contribution in [2.45, 2.75) is 24.2 Å². The summed E-state index contributed by atoms with van der Waals surface area (Å²) in [6, 6.07) is 15.0. The maximum Gasteiger partial charge on any atom is 0.354 e. The molecular formula is C27H21F2N3O5S. The van der Waals surface area contributed by atoms with Gasteiger partial charge in [0.05, 0.1) is 11.2 Å². The molecule has 194 valence electrons. The topological polar surface area (TPSA) is 118 Å². The molecule has 0 saturated carbocycles. The fourth-order valence-electron chi connectivity index (χ4n) is 3.36. The van der Waals surface area contributed by atoms with Gasteiger partial charge >= 0.3 is 5.97 Å². The molecule has 0 unspecified atom stereocenters. The van der Waals surface area contributed by atoms with Crippen LogP contribution in [0.2, 0.25) is 0 Å². The number of benzene rings is 2. The second-order valence-electron chi connectivity index (χ2n) is 8.10. The number of alkyl halides is 2. The van der Waals surface area contributed by atoms with Gasteiger partial charge in [0.2, 0.25) is 0 Å². The van der Waals surface area contributed by atoms with Crippen LogP contribution in [0.4, 0.5) is 14.5 Å². The summed E-state index contributed by atoms with van der Waals surface area (Å²) in [7, 11) is -4.19. The normalized spacial score (nSPS) is 11.4. The number of para-hydroxylation sites is 1. The van der Waals surface area contributed by atoms with Gasteiger partial charge in [0.1, 0.15) is 16.3 Å². The van der Waals surface area contributed by atoms with Gasteiger partial charge in [-0.1, -0.05) is 30.9 Å². The summed E-state index contributed by atoms with van der Waals surface area (Å²) in [4.78, 5) is 18.8. The highest BCUT2D eigenvalue weighted by Crippen LogP contribution is 2.32. The van der Waals surface area contributed by atoms with Crippen LogP contribution >= 0.6 is 0 Å². The Bertz CT molecular complexity index is 1660. The molecular weight excluding hydrogens is 516 g/mol. The third kappa shape index (κ3) is 6.04. The van der Waals surface area contributed by atoms with E-state index < -0.39 is 34.9 Å². The average molecular weight is 538 g/mol. The number of nitrogens with one attached hydrogen (secondary N) is 1. The first-order valence-corrected chi connectivity index (χ1v) is 12.8. The van der Waals surface area contributed by atoms with E-state index in [0.717, 1.165) is 0 Å². The van der Waals surface area contributed by atoms with E-state index in [0.29, 0.717) is 11.1 Å². The first-order chi connectivity index (χ1) is 18.1. The molecule has 0 saturated heterocycles. The number of aromatic carboxylic acids is 1. The molecule has 8 nitrogen and oxygen atoms in total. The number of nitrogens with zero attached hydrogens (tertiary/aromatic N) is 2. The van der Waals surface area contributed by atoms with Crippen molar-refractivity contribution in [3.63, 3.8) is 0 Å². The number of sulfonamides is 1. The van der Waals surface area contributed by atoms with Crippen molar-refractivity contribution in [1.82, 2.24) is 9.97 Å². The van der Waals surface area contributed by atoms with Crippen LogP contribution in [-0.2, 0) is 10.0 Å². The van der Waals surface area contributed by atoms with Crippen molar-refractivity contribution >= 4 is 32.6 Å². The summed E-state index contributed by atoms with van der Waals surface area (Å²) in [6.07, 6.45) is 2.31. The number of carbonyl (C=O) groups is 1. The van der Waals surface area contributed by atoms with Crippen LogP contribution in [0, 0.1) is 11.8 Å². The Labute approximate surface area is 217 Å². The van der Waals surface area contributed by atoms with Crippen LogP contribution in [0.25, 0.3) is 10.9 Å². The van der Waals surface area contributed by atoms with Gasteiger partial charge in [0.25, 0.3) is 15.9 Å². The van der Waals surface area contributed by atoms with Crippen LogP contribution in [0.5, 0.6) is 5.75 Å². The molecule has 38 heavy (non-hydrogen) atoms. The predicted octanol–water partition coefficient (Wildman–Crippen LogP) is 4.95. The zero-order chi connectivity index (χ0) is 27.3. The molecule has 2 heterocycles. The number of rotatable bonds is 8. The smallest absolute Gasteiger partial charge is 0.354 e. The van der Waals surface area contributed by atoms with Crippen molar-refractivity contribution < 1.29 is 31.8 Å². The lowest BCUT2D eigenvalue weighted by Crippen LogP contribution is -2.24. The quantitative estimate of drug-likeness (QED) is 0.305. The summed E-state index contributed by atoms with van der Waals surface area (Å²) in [5.74, 6) is 1.60. The molecule has 0 atom stereocenters.